The quantitative estimate of drug-likeness (QED) is 0.564. The number of nitrogens with one attached hydrogen (secondary N) is 1. The minimum atomic E-state index is 0.393. The van der Waals surface area contributed by atoms with Gasteiger partial charge in [0.15, 0.2) is 0 Å². The SMILES string of the molecule is CC(C)(C)C1CCCC(Nc2c(Cl)cc(Cl)cc2Cl)CC1. The molecular weight excluding hydrogens is 325 g/mol. The van der Waals surface area contributed by atoms with E-state index in [0.717, 1.165) is 18.0 Å². The standard InChI is InChI=1S/C17H24Cl3N/c1-17(2,3)11-5-4-6-13(8-7-11)21-16-14(19)9-12(18)10-15(16)20/h9-11,13,21H,4-8H2,1-3H3. The van der Waals surface area contributed by atoms with E-state index in [-0.39, 0.29) is 0 Å². The van der Waals surface area contributed by atoms with E-state index in [0.29, 0.717) is 26.5 Å². The second kappa shape index (κ2) is 6.98. The summed E-state index contributed by atoms with van der Waals surface area (Å²) in [6.45, 7) is 7.04. The molecule has 0 spiro atoms. The van der Waals surface area contributed by atoms with Gasteiger partial charge in [0.05, 0.1) is 15.7 Å². The van der Waals surface area contributed by atoms with Crippen LogP contribution in [0.15, 0.2) is 12.1 Å². The minimum Gasteiger partial charge on any atom is -0.380 e. The molecule has 118 valence electrons. The zero-order chi connectivity index (χ0) is 15.6. The number of halogens is 3. The van der Waals surface area contributed by atoms with Gasteiger partial charge in [-0.3, -0.25) is 0 Å². The first-order valence-corrected chi connectivity index (χ1v) is 8.82. The van der Waals surface area contributed by atoms with Crippen molar-refractivity contribution in [2.75, 3.05) is 5.32 Å². The van der Waals surface area contributed by atoms with Crippen molar-refractivity contribution in [1.82, 2.24) is 0 Å². The fraction of sp³-hybridized carbons (Fsp3) is 0.647. The summed E-state index contributed by atoms with van der Waals surface area (Å²) >= 11 is 18.5. The zero-order valence-corrected chi connectivity index (χ0v) is 15.2. The van der Waals surface area contributed by atoms with Gasteiger partial charge in [-0.1, -0.05) is 62.0 Å². The lowest BCUT2D eigenvalue weighted by atomic mass is 9.76. The van der Waals surface area contributed by atoms with Gasteiger partial charge < -0.3 is 5.32 Å². The monoisotopic (exact) mass is 347 g/mol. The van der Waals surface area contributed by atoms with Crippen molar-refractivity contribution >= 4 is 40.5 Å². The van der Waals surface area contributed by atoms with E-state index < -0.39 is 0 Å². The largest absolute Gasteiger partial charge is 0.380 e. The maximum atomic E-state index is 6.26. The molecule has 2 unspecified atom stereocenters. The second-order valence-electron chi connectivity index (χ2n) is 7.16. The lowest BCUT2D eigenvalue weighted by Gasteiger charge is -2.29. The maximum absolute atomic E-state index is 6.26. The van der Waals surface area contributed by atoms with Gasteiger partial charge >= 0.3 is 0 Å². The van der Waals surface area contributed by atoms with E-state index in [2.05, 4.69) is 26.1 Å². The van der Waals surface area contributed by atoms with Gasteiger partial charge in [-0.05, 0) is 49.1 Å². The van der Waals surface area contributed by atoms with Crippen molar-refractivity contribution in [3.05, 3.63) is 27.2 Å². The zero-order valence-electron chi connectivity index (χ0n) is 13.0. The Bertz CT molecular complexity index is 470. The van der Waals surface area contributed by atoms with Gasteiger partial charge in [0.25, 0.3) is 0 Å². The lowest BCUT2D eigenvalue weighted by molar-refractivity contribution is 0.214. The van der Waals surface area contributed by atoms with Crippen LogP contribution in [-0.2, 0) is 0 Å². The molecule has 0 radical (unpaired) electrons. The van der Waals surface area contributed by atoms with Gasteiger partial charge in [-0.25, -0.2) is 0 Å². The normalized spacial score (nSPS) is 23.7. The highest BCUT2D eigenvalue weighted by atomic mass is 35.5. The summed E-state index contributed by atoms with van der Waals surface area (Å²) in [4.78, 5) is 0. The molecule has 1 aromatic rings. The molecule has 2 rings (SSSR count). The summed E-state index contributed by atoms with van der Waals surface area (Å²) in [5.74, 6) is 0.792. The topological polar surface area (TPSA) is 12.0 Å². The number of rotatable bonds is 2. The Hall–Kier alpha value is -0.110. The molecule has 1 fully saturated rings. The molecule has 1 nitrogen and oxygen atoms in total. The van der Waals surface area contributed by atoms with Crippen LogP contribution in [-0.4, -0.2) is 6.04 Å². The van der Waals surface area contributed by atoms with E-state index in [4.69, 9.17) is 34.8 Å². The highest BCUT2D eigenvalue weighted by molar-refractivity contribution is 6.41. The van der Waals surface area contributed by atoms with E-state index in [1.165, 1.54) is 25.7 Å². The molecule has 0 bridgehead atoms. The number of hydrogen-bond donors (Lipinski definition) is 1. The molecule has 2 atom stereocenters. The molecule has 0 heterocycles. The van der Waals surface area contributed by atoms with Crippen LogP contribution in [0, 0.1) is 11.3 Å². The Morgan fingerprint density at radius 2 is 1.57 bits per heavy atom. The predicted molar refractivity (Wildman–Crippen MR) is 94.9 cm³/mol. The summed E-state index contributed by atoms with van der Waals surface area (Å²) in [5, 5.41) is 5.31. The van der Waals surface area contributed by atoms with Gasteiger partial charge in [0.1, 0.15) is 0 Å². The summed E-state index contributed by atoms with van der Waals surface area (Å²) in [6, 6.07) is 3.92. The summed E-state index contributed by atoms with van der Waals surface area (Å²) in [6.07, 6.45) is 6.15. The van der Waals surface area contributed by atoms with E-state index in [1.54, 1.807) is 12.1 Å². The van der Waals surface area contributed by atoms with Crippen LogP contribution in [0.25, 0.3) is 0 Å². The molecule has 0 saturated heterocycles. The predicted octanol–water partition coefficient (Wildman–Crippen LogP) is 7.05. The Kier molecular flexibility index (Phi) is 5.73. The Balaban J connectivity index is 2.05. The van der Waals surface area contributed by atoms with Gasteiger partial charge in [-0.2, -0.15) is 0 Å². The van der Waals surface area contributed by atoms with Crippen LogP contribution in [0.5, 0.6) is 0 Å². The Morgan fingerprint density at radius 1 is 0.952 bits per heavy atom. The molecule has 1 N–H and O–H groups in total. The lowest BCUT2D eigenvalue weighted by Crippen LogP contribution is -2.21. The third-order valence-corrected chi connectivity index (χ3v) is 5.36. The summed E-state index contributed by atoms with van der Waals surface area (Å²) in [5.41, 5.74) is 1.21. The van der Waals surface area contributed by atoms with Gasteiger partial charge in [0.2, 0.25) is 0 Å². The fourth-order valence-electron chi connectivity index (χ4n) is 3.20. The van der Waals surface area contributed by atoms with Crippen molar-refractivity contribution in [2.45, 2.75) is 58.9 Å². The first-order chi connectivity index (χ1) is 9.77. The molecular formula is C17H24Cl3N. The molecule has 1 aliphatic rings. The van der Waals surface area contributed by atoms with E-state index >= 15 is 0 Å². The third-order valence-electron chi connectivity index (χ3n) is 4.55. The first-order valence-electron chi connectivity index (χ1n) is 7.68. The van der Waals surface area contributed by atoms with Crippen molar-refractivity contribution < 1.29 is 0 Å². The van der Waals surface area contributed by atoms with Crippen LogP contribution in [0.4, 0.5) is 5.69 Å². The molecule has 21 heavy (non-hydrogen) atoms. The van der Waals surface area contributed by atoms with Crippen molar-refractivity contribution in [2.24, 2.45) is 11.3 Å². The molecule has 1 aliphatic carbocycles. The van der Waals surface area contributed by atoms with Crippen LogP contribution in [0.3, 0.4) is 0 Å². The highest BCUT2D eigenvalue weighted by Gasteiger charge is 2.28. The summed E-state index contributed by atoms with van der Waals surface area (Å²) < 4.78 is 0. The van der Waals surface area contributed by atoms with Crippen LogP contribution >= 0.6 is 34.8 Å². The van der Waals surface area contributed by atoms with Crippen molar-refractivity contribution in [1.29, 1.82) is 0 Å². The Labute approximate surface area is 143 Å². The van der Waals surface area contributed by atoms with Gasteiger partial charge in [0, 0.05) is 11.1 Å². The molecule has 0 aromatic heterocycles. The third kappa shape index (κ3) is 4.68. The molecule has 0 aliphatic heterocycles. The molecule has 1 aromatic carbocycles. The molecule has 0 amide bonds. The van der Waals surface area contributed by atoms with Crippen molar-refractivity contribution in [3.63, 3.8) is 0 Å². The highest BCUT2D eigenvalue weighted by Crippen LogP contribution is 2.39. The Morgan fingerprint density at radius 3 is 2.14 bits per heavy atom. The number of anilines is 1. The average Bonchev–Trinajstić information content (AvgIpc) is 2.58. The van der Waals surface area contributed by atoms with Crippen molar-refractivity contribution in [3.8, 4) is 0 Å². The van der Waals surface area contributed by atoms with Crippen LogP contribution in [0.1, 0.15) is 52.9 Å². The fourth-order valence-corrected chi connectivity index (χ4v) is 4.12. The summed E-state index contributed by atoms with van der Waals surface area (Å²) in [7, 11) is 0. The second-order valence-corrected chi connectivity index (χ2v) is 8.41. The average molecular weight is 349 g/mol. The number of hydrogen-bond acceptors (Lipinski definition) is 1. The first kappa shape index (κ1) is 17.2. The van der Waals surface area contributed by atoms with Gasteiger partial charge in [-0.15, -0.1) is 0 Å². The van der Waals surface area contributed by atoms with Crippen LogP contribution in [0.2, 0.25) is 15.1 Å². The van der Waals surface area contributed by atoms with E-state index in [1.807, 2.05) is 0 Å². The molecule has 1 saturated carbocycles. The molecule has 4 heteroatoms. The van der Waals surface area contributed by atoms with E-state index in [9.17, 15) is 0 Å². The smallest absolute Gasteiger partial charge is 0.0722 e. The van der Waals surface area contributed by atoms with Crippen LogP contribution < -0.4 is 5.32 Å². The minimum absolute atomic E-state index is 0.393. The number of benzene rings is 1. The maximum Gasteiger partial charge on any atom is 0.0722 e.